The fourth-order valence-electron chi connectivity index (χ4n) is 1.68. The molecular formula is C14H17N3S. The number of hydrogen-bond acceptors (Lipinski definition) is 4. The highest BCUT2D eigenvalue weighted by molar-refractivity contribution is 7.98. The molecule has 0 saturated carbocycles. The number of benzene rings is 1. The average molecular weight is 259 g/mol. The van der Waals surface area contributed by atoms with Crippen LogP contribution in [0.1, 0.15) is 5.82 Å². The van der Waals surface area contributed by atoms with Crippen molar-refractivity contribution < 1.29 is 0 Å². The lowest BCUT2D eigenvalue weighted by Gasteiger charge is -2.04. The summed E-state index contributed by atoms with van der Waals surface area (Å²) in [7, 11) is 1.94. The molecule has 1 N–H and O–H groups in total. The summed E-state index contributed by atoms with van der Waals surface area (Å²) in [6.07, 6.45) is 4.76. The molecule has 0 atom stereocenters. The van der Waals surface area contributed by atoms with Gasteiger partial charge in [0.05, 0.1) is 5.69 Å². The van der Waals surface area contributed by atoms with Gasteiger partial charge in [-0.2, -0.15) is 0 Å². The number of rotatable bonds is 5. The number of nitrogens with one attached hydrogen (secondary N) is 1. The van der Waals surface area contributed by atoms with Gasteiger partial charge in [-0.05, 0) is 31.5 Å². The van der Waals surface area contributed by atoms with Crippen molar-refractivity contribution in [1.29, 1.82) is 0 Å². The zero-order valence-electron chi connectivity index (χ0n) is 10.7. The molecule has 2 aromatic rings. The van der Waals surface area contributed by atoms with Crippen LogP contribution in [0.2, 0.25) is 0 Å². The predicted octanol–water partition coefficient (Wildman–Crippen LogP) is 2.63. The van der Waals surface area contributed by atoms with Crippen molar-refractivity contribution in [2.45, 2.75) is 11.3 Å². The molecule has 0 radical (unpaired) electrons. The van der Waals surface area contributed by atoms with Gasteiger partial charge in [-0.1, -0.05) is 12.1 Å². The molecule has 0 aliphatic carbocycles. The van der Waals surface area contributed by atoms with Crippen molar-refractivity contribution in [2.24, 2.45) is 0 Å². The molecule has 0 spiro atoms. The van der Waals surface area contributed by atoms with Crippen LogP contribution in [-0.2, 0) is 6.42 Å². The Morgan fingerprint density at radius 2 is 1.94 bits per heavy atom. The normalized spacial score (nSPS) is 10.6. The molecule has 0 bridgehead atoms. The number of aromatic nitrogens is 2. The molecule has 4 heteroatoms. The minimum absolute atomic E-state index is 0.854. The van der Waals surface area contributed by atoms with E-state index in [4.69, 9.17) is 0 Å². The van der Waals surface area contributed by atoms with E-state index >= 15 is 0 Å². The number of likely N-dealkylation sites (N-methyl/N-ethyl adjacent to an activating group) is 1. The summed E-state index contributed by atoms with van der Waals surface area (Å²) >= 11 is 1.75. The lowest BCUT2D eigenvalue weighted by molar-refractivity contribution is 0.756. The predicted molar refractivity (Wildman–Crippen MR) is 76.9 cm³/mol. The number of nitrogens with zero attached hydrogens (tertiary/aromatic N) is 2. The third-order valence-electron chi connectivity index (χ3n) is 2.69. The summed E-state index contributed by atoms with van der Waals surface area (Å²) in [5.74, 6) is 0.885. The van der Waals surface area contributed by atoms with E-state index in [0.717, 1.165) is 30.0 Å². The van der Waals surface area contributed by atoms with Gasteiger partial charge in [0.15, 0.2) is 0 Å². The molecule has 0 aliphatic heterocycles. The first-order chi connectivity index (χ1) is 8.83. The van der Waals surface area contributed by atoms with Gasteiger partial charge in [-0.25, -0.2) is 9.97 Å². The second kappa shape index (κ2) is 6.52. The average Bonchev–Trinajstić information content (AvgIpc) is 2.45. The minimum atomic E-state index is 0.854. The standard InChI is InChI=1S/C14H17N3S/c1-15-9-8-14-16-10-7-13(17-14)11-3-5-12(18-2)6-4-11/h3-7,10,15H,8-9H2,1-2H3. The Morgan fingerprint density at radius 1 is 1.17 bits per heavy atom. The van der Waals surface area contributed by atoms with Gasteiger partial charge in [0, 0.05) is 29.6 Å². The van der Waals surface area contributed by atoms with Crippen LogP contribution in [0.15, 0.2) is 41.4 Å². The van der Waals surface area contributed by atoms with Crippen LogP contribution in [0.3, 0.4) is 0 Å². The maximum atomic E-state index is 4.58. The number of hydrogen-bond donors (Lipinski definition) is 1. The third kappa shape index (κ3) is 3.31. The molecule has 0 aliphatic rings. The zero-order chi connectivity index (χ0) is 12.8. The van der Waals surface area contributed by atoms with Gasteiger partial charge in [0.25, 0.3) is 0 Å². The van der Waals surface area contributed by atoms with Crippen molar-refractivity contribution in [3.63, 3.8) is 0 Å². The van der Waals surface area contributed by atoms with Gasteiger partial charge in [-0.15, -0.1) is 11.8 Å². The van der Waals surface area contributed by atoms with E-state index in [1.807, 2.05) is 19.3 Å². The van der Waals surface area contributed by atoms with E-state index in [0.29, 0.717) is 0 Å². The molecular weight excluding hydrogens is 242 g/mol. The highest BCUT2D eigenvalue weighted by Crippen LogP contribution is 2.21. The fourth-order valence-corrected chi connectivity index (χ4v) is 2.09. The third-order valence-corrected chi connectivity index (χ3v) is 3.43. The molecule has 0 amide bonds. The van der Waals surface area contributed by atoms with Crippen LogP contribution < -0.4 is 5.32 Å². The van der Waals surface area contributed by atoms with Crippen LogP contribution >= 0.6 is 11.8 Å². The molecule has 1 aromatic heterocycles. The number of thioether (sulfide) groups is 1. The highest BCUT2D eigenvalue weighted by atomic mass is 32.2. The topological polar surface area (TPSA) is 37.8 Å². The summed E-state index contributed by atoms with van der Waals surface area (Å²) in [5, 5.41) is 3.11. The summed E-state index contributed by atoms with van der Waals surface area (Å²) in [6, 6.07) is 10.4. The van der Waals surface area contributed by atoms with E-state index in [-0.39, 0.29) is 0 Å². The van der Waals surface area contributed by atoms with Gasteiger partial charge >= 0.3 is 0 Å². The Labute approximate surface area is 112 Å². The zero-order valence-corrected chi connectivity index (χ0v) is 11.5. The van der Waals surface area contributed by atoms with Crippen LogP contribution in [0.25, 0.3) is 11.3 Å². The van der Waals surface area contributed by atoms with Crippen molar-refractivity contribution >= 4 is 11.8 Å². The van der Waals surface area contributed by atoms with Crippen LogP contribution in [-0.4, -0.2) is 29.8 Å². The Bertz CT molecular complexity index is 497. The first kappa shape index (κ1) is 13.1. The summed E-state index contributed by atoms with van der Waals surface area (Å²) in [6.45, 7) is 0.898. The summed E-state index contributed by atoms with van der Waals surface area (Å²) < 4.78 is 0. The van der Waals surface area contributed by atoms with E-state index in [1.165, 1.54) is 4.90 Å². The highest BCUT2D eigenvalue weighted by Gasteiger charge is 2.02. The minimum Gasteiger partial charge on any atom is -0.319 e. The maximum Gasteiger partial charge on any atom is 0.130 e. The Morgan fingerprint density at radius 3 is 2.61 bits per heavy atom. The molecule has 3 nitrogen and oxygen atoms in total. The molecule has 0 saturated heterocycles. The van der Waals surface area contributed by atoms with Crippen molar-refractivity contribution in [3.05, 3.63) is 42.4 Å². The first-order valence-corrected chi connectivity index (χ1v) is 7.17. The lowest BCUT2D eigenvalue weighted by Crippen LogP contribution is -2.12. The van der Waals surface area contributed by atoms with Gasteiger partial charge in [0.2, 0.25) is 0 Å². The van der Waals surface area contributed by atoms with Gasteiger partial charge in [0.1, 0.15) is 5.82 Å². The van der Waals surface area contributed by atoms with E-state index in [1.54, 1.807) is 11.8 Å². The molecule has 1 aromatic carbocycles. The fraction of sp³-hybridized carbons (Fsp3) is 0.286. The largest absolute Gasteiger partial charge is 0.319 e. The molecule has 0 unspecified atom stereocenters. The monoisotopic (exact) mass is 259 g/mol. The van der Waals surface area contributed by atoms with Crippen LogP contribution in [0.4, 0.5) is 0 Å². The molecule has 2 rings (SSSR count). The SMILES string of the molecule is CNCCc1nccc(-c2ccc(SC)cc2)n1. The van der Waals surface area contributed by atoms with E-state index in [2.05, 4.69) is 45.8 Å². The van der Waals surface area contributed by atoms with Crippen LogP contribution in [0.5, 0.6) is 0 Å². The van der Waals surface area contributed by atoms with Crippen molar-refractivity contribution in [2.75, 3.05) is 19.8 Å². The summed E-state index contributed by atoms with van der Waals surface area (Å²) in [4.78, 5) is 10.1. The lowest BCUT2D eigenvalue weighted by atomic mass is 10.1. The Balaban J connectivity index is 2.20. The van der Waals surface area contributed by atoms with Gasteiger partial charge in [-0.3, -0.25) is 0 Å². The Kier molecular flexibility index (Phi) is 4.73. The maximum absolute atomic E-state index is 4.58. The molecule has 0 fully saturated rings. The summed E-state index contributed by atoms with van der Waals surface area (Å²) in [5.41, 5.74) is 2.13. The van der Waals surface area contributed by atoms with Crippen molar-refractivity contribution in [3.8, 4) is 11.3 Å². The molecule has 94 valence electrons. The molecule has 18 heavy (non-hydrogen) atoms. The van der Waals surface area contributed by atoms with Crippen molar-refractivity contribution in [1.82, 2.24) is 15.3 Å². The first-order valence-electron chi connectivity index (χ1n) is 5.94. The van der Waals surface area contributed by atoms with Gasteiger partial charge < -0.3 is 5.32 Å². The van der Waals surface area contributed by atoms with E-state index in [9.17, 15) is 0 Å². The molecule has 1 heterocycles. The Hall–Kier alpha value is -1.39. The quantitative estimate of drug-likeness (QED) is 0.838. The van der Waals surface area contributed by atoms with Crippen LogP contribution in [0, 0.1) is 0 Å². The smallest absolute Gasteiger partial charge is 0.130 e. The van der Waals surface area contributed by atoms with E-state index < -0.39 is 0 Å². The second-order valence-electron chi connectivity index (χ2n) is 3.94. The second-order valence-corrected chi connectivity index (χ2v) is 4.82.